The van der Waals surface area contributed by atoms with Crippen LogP contribution in [-0.2, 0) is 11.3 Å². The number of aromatic nitrogens is 2. The van der Waals surface area contributed by atoms with E-state index in [9.17, 15) is 9.59 Å². The number of fused-ring (bicyclic) bond motifs is 1. The van der Waals surface area contributed by atoms with Crippen LogP contribution in [0.1, 0.15) is 47.0 Å². The number of benzene rings is 1. The van der Waals surface area contributed by atoms with E-state index in [0.717, 1.165) is 32.4 Å². The number of thioether (sulfide) groups is 1. The summed E-state index contributed by atoms with van der Waals surface area (Å²) in [5, 5.41) is 4.05. The fourth-order valence-corrected chi connectivity index (χ4v) is 5.10. The zero-order valence-electron chi connectivity index (χ0n) is 17.9. The van der Waals surface area contributed by atoms with Gasteiger partial charge in [-0.2, -0.15) is 0 Å². The average molecular weight is 417 g/mol. The van der Waals surface area contributed by atoms with E-state index in [0.29, 0.717) is 34.7 Å². The molecule has 0 aliphatic carbocycles. The van der Waals surface area contributed by atoms with E-state index < -0.39 is 0 Å². The van der Waals surface area contributed by atoms with Gasteiger partial charge in [-0.1, -0.05) is 30.3 Å². The number of carbonyl (C=O) groups is 1. The van der Waals surface area contributed by atoms with Crippen LogP contribution in [0.5, 0.6) is 0 Å². The molecular weight excluding hydrogens is 384 g/mol. The molecule has 1 aliphatic rings. The normalized spacial score (nSPS) is 17.9. The molecule has 3 rings (SSSR count). The van der Waals surface area contributed by atoms with E-state index >= 15 is 0 Å². The molecule has 0 saturated carbocycles. The Morgan fingerprint density at radius 1 is 1.17 bits per heavy atom. The Morgan fingerprint density at radius 2 is 1.90 bits per heavy atom. The highest BCUT2D eigenvalue weighted by atomic mass is 32.2. The third-order valence-corrected chi connectivity index (χ3v) is 6.72. The topological polar surface area (TPSA) is 67.2 Å². The summed E-state index contributed by atoms with van der Waals surface area (Å²) in [7, 11) is 0. The highest BCUT2D eigenvalue weighted by Crippen LogP contribution is 2.27. The van der Waals surface area contributed by atoms with Crippen molar-refractivity contribution in [3.63, 3.8) is 0 Å². The summed E-state index contributed by atoms with van der Waals surface area (Å²) in [5.74, 6) is 0.0486. The van der Waals surface area contributed by atoms with Crippen LogP contribution in [0.15, 0.2) is 34.2 Å². The van der Waals surface area contributed by atoms with Gasteiger partial charge in [-0.3, -0.25) is 19.1 Å². The molecule has 0 spiro atoms. The number of amides is 1. The molecule has 7 heteroatoms. The van der Waals surface area contributed by atoms with Gasteiger partial charge in [0.2, 0.25) is 5.91 Å². The molecule has 1 amide bonds. The number of hydrogen-bond acceptors (Lipinski definition) is 5. The van der Waals surface area contributed by atoms with E-state index in [1.54, 1.807) is 4.57 Å². The van der Waals surface area contributed by atoms with Gasteiger partial charge >= 0.3 is 0 Å². The van der Waals surface area contributed by atoms with Crippen LogP contribution in [0.2, 0.25) is 0 Å². The number of para-hydroxylation sites is 1. The largest absolute Gasteiger partial charge is 0.355 e. The van der Waals surface area contributed by atoms with Crippen molar-refractivity contribution in [3.8, 4) is 0 Å². The second kappa shape index (κ2) is 9.76. The summed E-state index contributed by atoms with van der Waals surface area (Å²) >= 11 is 1.43. The molecule has 0 bridgehead atoms. The first-order valence-corrected chi connectivity index (χ1v) is 11.5. The molecule has 0 radical (unpaired) electrons. The van der Waals surface area contributed by atoms with Gasteiger partial charge in [0, 0.05) is 31.7 Å². The van der Waals surface area contributed by atoms with Crippen LogP contribution in [0.25, 0.3) is 10.9 Å². The Balaban J connectivity index is 1.97. The Bertz CT molecular complexity index is 901. The van der Waals surface area contributed by atoms with Gasteiger partial charge in [-0.15, -0.1) is 0 Å². The molecule has 1 aromatic heterocycles. The molecule has 158 valence electrons. The maximum Gasteiger partial charge on any atom is 0.262 e. The lowest BCUT2D eigenvalue weighted by Gasteiger charge is -2.31. The van der Waals surface area contributed by atoms with Crippen LogP contribution < -0.4 is 10.9 Å². The fourth-order valence-electron chi connectivity index (χ4n) is 3.91. The van der Waals surface area contributed by atoms with Crippen molar-refractivity contribution in [3.05, 3.63) is 34.6 Å². The summed E-state index contributed by atoms with van der Waals surface area (Å²) < 4.78 is 1.77. The minimum absolute atomic E-state index is 0.0282. The third kappa shape index (κ3) is 5.20. The molecule has 1 fully saturated rings. The summed E-state index contributed by atoms with van der Waals surface area (Å²) in [6, 6.07) is 8.25. The Morgan fingerprint density at radius 3 is 2.62 bits per heavy atom. The standard InChI is InChI=1S/C22H32N4O2S/c1-15(2)25(16(3)4)13-14-26-21(28)17-9-5-6-10-18(17)24-22(26)29-19-11-7-8-12-23-20(19)27/h5-6,9-10,15-16,19H,7-8,11-14H2,1-4H3,(H,23,27). The first-order chi connectivity index (χ1) is 13.9. The lowest BCUT2D eigenvalue weighted by atomic mass is 10.2. The van der Waals surface area contributed by atoms with Crippen LogP contribution in [0.4, 0.5) is 0 Å². The minimum Gasteiger partial charge on any atom is -0.355 e. The number of nitrogens with zero attached hydrogens (tertiary/aromatic N) is 3. The number of hydrogen-bond donors (Lipinski definition) is 1. The van der Waals surface area contributed by atoms with Crippen molar-refractivity contribution in [2.45, 2.75) is 76.0 Å². The second-order valence-corrected chi connectivity index (χ2v) is 9.36. The third-order valence-electron chi connectivity index (χ3n) is 5.47. The van der Waals surface area contributed by atoms with Gasteiger partial charge in [-0.05, 0) is 52.7 Å². The maximum absolute atomic E-state index is 13.3. The second-order valence-electron chi connectivity index (χ2n) is 8.19. The first kappa shape index (κ1) is 21.8. The number of rotatable bonds is 7. The summed E-state index contributed by atoms with van der Waals surface area (Å²) in [6.07, 6.45) is 2.81. The number of nitrogens with one attached hydrogen (secondary N) is 1. The molecule has 6 nitrogen and oxygen atoms in total. The van der Waals surface area contributed by atoms with Gasteiger partial charge in [0.15, 0.2) is 5.16 Å². The van der Waals surface area contributed by atoms with E-state index in [-0.39, 0.29) is 16.7 Å². The molecule has 1 N–H and O–H groups in total. The molecular formula is C22H32N4O2S. The van der Waals surface area contributed by atoms with Crippen molar-refractivity contribution in [2.24, 2.45) is 0 Å². The summed E-state index contributed by atoms with van der Waals surface area (Å²) in [6.45, 7) is 10.7. The van der Waals surface area contributed by atoms with Gasteiger partial charge in [0.05, 0.1) is 16.2 Å². The SMILES string of the molecule is CC(C)N(CCn1c(SC2CCCCNC2=O)nc2ccccc2c1=O)C(C)C. The lowest BCUT2D eigenvalue weighted by molar-refractivity contribution is -0.120. The van der Waals surface area contributed by atoms with Gasteiger partial charge in [-0.25, -0.2) is 4.98 Å². The Hall–Kier alpha value is -1.86. The van der Waals surface area contributed by atoms with Crippen LogP contribution in [0, 0.1) is 0 Å². The quantitative estimate of drug-likeness (QED) is 0.702. The van der Waals surface area contributed by atoms with Gasteiger partial charge in [0.25, 0.3) is 5.56 Å². The zero-order chi connectivity index (χ0) is 21.0. The predicted octanol–water partition coefficient (Wildman–Crippen LogP) is 3.28. The van der Waals surface area contributed by atoms with E-state index in [2.05, 4.69) is 37.9 Å². The Kier molecular flexibility index (Phi) is 7.35. The summed E-state index contributed by atoms with van der Waals surface area (Å²) in [5.41, 5.74) is 0.662. The monoisotopic (exact) mass is 416 g/mol. The van der Waals surface area contributed by atoms with Crippen molar-refractivity contribution < 1.29 is 4.79 Å². The molecule has 2 aromatic rings. The van der Waals surface area contributed by atoms with Crippen LogP contribution in [-0.4, -0.2) is 50.8 Å². The highest BCUT2D eigenvalue weighted by Gasteiger charge is 2.25. The smallest absolute Gasteiger partial charge is 0.262 e. The summed E-state index contributed by atoms with van der Waals surface area (Å²) in [4.78, 5) is 32.9. The lowest BCUT2D eigenvalue weighted by Crippen LogP contribution is -2.41. The maximum atomic E-state index is 13.3. The first-order valence-electron chi connectivity index (χ1n) is 10.6. The van der Waals surface area contributed by atoms with Crippen LogP contribution in [0.3, 0.4) is 0 Å². The molecule has 1 atom stereocenters. The van der Waals surface area contributed by atoms with Gasteiger partial charge < -0.3 is 5.32 Å². The van der Waals surface area contributed by atoms with Gasteiger partial charge in [0.1, 0.15) is 0 Å². The van der Waals surface area contributed by atoms with E-state index in [1.807, 2.05) is 24.3 Å². The highest BCUT2D eigenvalue weighted by molar-refractivity contribution is 8.00. The van der Waals surface area contributed by atoms with Crippen molar-refractivity contribution in [1.82, 2.24) is 19.8 Å². The molecule has 29 heavy (non-hydrogen) atoms. The van der Waals surface area contributed by atoms with Crippen LogP contribution >= 0.6 is 11.8 Å². The molecule has 1 aliphatic heterocycles. The molecule has 1 saturated heterocycles. The predicted molar refractivity (Wildman–Crippen MR) is 119 cm³/mol. The van der Waals surface area contributed by atoms with Crippen molar-refractivity contribution in [2.75, 3.05) is 13.1 Å². The Labute approximate surface area is 177 Å². The van der Waals surface area contributed by atoms with Crippen molar-refractivity contribution >= 4 is 28.6 Å². The van der Waals surface area contributed by atoms with Crippen molar-refractivity contribution in [1.29, 1.82) is 0 Å². The molecule has 1 aromatic carbocycles. The average Bonchev–Trinajstić information content (AvgIpc) is 2.88. The number of carbonyl (C=O) groups excluding carboxylic acids is 1. The zero-order valence-corrected chi connectivity index (χ0v) is 18.7. The minimum atomic E-state index is -0.205. The molecule has 2 heterocycles. The molecule has 1 unspecified atom stereocenters. The van der Waals surface area contributed by atoms with E-state index in [1.165, 1.54) is 11.8 Å². The fraction of sp³-hybridized carbons (Fsp3) is 0.591. The van der Waals surface area contributed by atoms with E-state index in [4.69, 9.17) is 4.98 Å².